The maximum absolute atomic E-state index is 14.9. The molecule has 0 spiro atoms. The van der Waals surface area contributed by atoms with E-state index in [1.807, 2.05) is 20.8 Å². The molecule has 7 nitrogen and oxygen atoms in total. The number of nitrogens with zero attached hydrogens (tertiary/aromatic N) is 3. The van der Waals surface area contributed by atoms with Crippen molar-refractivity contribution >= 4 is 11.9 Å². The highest BCUT2D eigenvalue weighted by atomic mass is 19.1. The van der Waals surface area contributed by atoms with Crippen LogP contribution < -0.4 is 5.73 Å². The summed E-state index contributed by atoms with van der Waals surface area (Å²) in [6.07, 6.45) is 1.19. The molecule has 0 bridgehead atoms. The summed E-state index contributed by atoms with van der Waals surface area (Å²) in [7, 11) is 0. The van der Waals surface area contributed by atoms with Gasteiger partial charge in [-0.2, -0.15) is 0 Å². The van der Waals surface area contributed by atoms with Gasteiger partial charge in [0.2, 0.25) is 0 Å². The molecule has 1 saturated heterocycles. The van der Waals surface area contributed by atoms with Crippen LogP contribution in [0.1, 0.15) is 45.1 Å². The maximum Gasteiger partial charge on any atom is 0.410 e. The van der Waals surface area contributed by atoms with Crippen molar-refractivity contribution in [2.24, 2.45) is 0 Å². The molecule has 3 N–H and O–H groups in total. The van der Waals surface area contributed by atoms with Crippen molar-refractivity contribution in [3.05, 3.63) is 59.9 Å². The van der Waals surface area contributed by atoms with Crippen molar-refractivity contribution in [3.8, 4) is 28.1 Å². The number of rotatable bonds is 3. The van der Waals surface area contributed by atoms with Gasteiger partial charge < -0.3 is 20.5 Å². The third-order valence-electron chi connectivity index (χ3n) is 5.90. The summed E-state index contributed by atoms with van der Waals surface area (Å²) in [6, 6.07) is 13.4. The molecule has 0 unspecified atom stereocenters. The Bertz CT molecular complexity index is 1200. The average molecular weight is 465 g/mol. The SMILES string of the molecule is CC(C)(C)OC(=O)N1CCC(c2ccc(F)c(-c3cc(-c4ccccc4O)nnc3N)c2)CC1. The van der Waals surface area contributed by atoms with Crippen molar-refractivity contribution < 1.29 is 19.0 Å². The number of nitrogen functional groups attached to an aromatic ring is 1. The van der Waals surface area contributed by atoms with Crippen LogP contribution >= 0.6 is 0 Å². The average Bonchev–Trinajstić information content (AvgIpc) is 2.79. The number of phenolic OH excluding ortho intramolecular Hbond substituents is 1. The second-order valence-electron chi connectivity index (χ2n) is 9.53. The highest BCUT2D eigenvalue weighted by Gasteiger charge is 2.28. The van der Waals surface area contributed by atoms with Gasteiger partial charge in [0.05, 0.1) is 5.69 Å². The van der Waals surface area contributed by atoms with E-state index in [0.717, 1.165) is 18.4 Å². The van der Waals surface area contributed by atoms with Gasteiger partial charge in [-0.25, -0.2) is 9.18 Å². The number of hydrogen-bond donors (Lipinski definition) is 2. The standard InChI is InChI=1S/C26H29FN4O3/c1-26(2,3)34-25(33)31-12-10-16(11-13-31)17-8-9-21(27)19(14-17)20-15-22(29-30-24(20)28)18-6-4-5-7-23(18)32/h4-9,14-16,32H,10-13H2,1-3H3,(H2,28,30). The van der Waals surface area contributed by atoms with E-state index in [1.54, 1.807) is 47.4 Å². The molecular formula is C26H29FN4O3. The predicted octanol–water partition coefficient (Wildman–Crippen LogP) is 5.35. The van der Waals surface area contributed by atoms with Gasteiger partial charge in [0.25, 0.3) is 0 Å². The third kappa shape index (κ3) is 5.11. The second kappa shape index (κ2) is 9.29. The lowest BCUT2D eigenvalue weighted by molar-refractivity contribution is 0.0205. The lowest BCUT2D eigenvalue weighted by Gasteiger charge is -2.33. The number of likely N-dealkylation sites (tertiary alicyclic amines) is 1. The van der Waals surface area contributed by atoms with Crippen LogP contribution in [0, 0.1) is 5.82 Å². The minimum Gasteiger partial charge on any atom is -0.507 e. The number of phenols is 1. The first-order valence-electron chi connectivity index (χ1n) is 11.3. The van der Waals surface area contributed by atoms with Crippen LogP contribution in [0.2, 0.25) is 0 Å². The number of amides is 1. The number of anilines is 1. The van der Waals surface area contributed by atoms with Gasteiger partial charge in [0.1, 0.15) is 17.2 Å². The Morgan fingerprint density at radius 1 is 1.06 bits per heavy atom. The Morgan fingerprint density at radius 2 is 1.76 bits per heavy atom. The van der Waals surface area contributed by atoms with E-state index in [1.165, 1.54) is 6.07 Å². The largest absolute Gasteiger partial charge is 0.507 e. The summed E-state index contributed by atoms with van der Waals surface area (Å²) >= 11 is 0. The summed E-state index contributed by atoms with van der Waals surface area (Å²) in [6.45, 7) is 6.69. The molecule has 1 amide bonds. The molecule has 0 aliphatic carbocycles. The molecule has 4 rings (SSSR count). The second-order valence-corrected chi connectivity index (χ2v) is 9.53. The third-order valence-corrected chi connectivity index (χ3v) is 5.90. The van der Waals surface area contributed by atoms with E-state index < -0.39 is 11.4 Å². The van der Waals surface area contributed by atoms with Gasteiger partial charge in [0, 0.05) is 29.8 Å². The van der Waals surface area contributed by atoms with Gasteiger partial charge in [-0.05, 0) is 75.4 Å². The molecule has 8 heteroatoms. The van der Waals surface area contributed by atoms with E-state index in [2.05, 4.69) is 10.2 Å². The van der Waals surface area contributed by atoms with Crippen LogP contribution in [0.15, 0.2) is 48.5 Å². The summed E-state index contributed by atoms with van der Waals surface area (Å²) in [5.74, 6) is -0.0852. The molecule has 3 aromatic rings. The maximum atomic E-state index is 14.9. The number of aromatic nitrogens is 2. The van der Waals surface area contributed by atoms with Crippen molar-refractivity contribution in [1.82, 2.24) is 15.1 Å². The van der Waals surface area contributed by atoms with Crippen LogP contribution in [-0.4, -0.2) is 45.0 Å². The van der Waals surface area contributed by atoms with E-state index >= 15 is 0 Å². The fourth-order valence-corrected chi connectivity index (χ4v) is 4.16. The van der Waals surface area contributed by atoms with Crippen molar-refractivity contribution in [3.63, 3.8) is 0 Å². The topological polar surface area (TPSA) is 102 Å². The van der Waals surface area contributed by atoms with Crippen molar-refractivity contribution in [2.75, 3.05) is 18.8 Å². The van der Waals surface area contributed by atoms with Crippen LogP contribution in [0.5, 0.6) is 5.75 Å². The van der Waals surface area contributed by atoms with Crippen molar-refractivity contribution in [1.29, 1.82) is 0 Å². The fourth-order valence-electron chi connectivity index (χ4n) is 4.16. The van der Waals surface area contributed by atoms with E-state index in [-0.39, 0.29) is 23.6 Å². The zero-order valence-corrected chi connectivity index (χ0v) is 19.6. The normalized spacial score (nSPS) is 14.8. The first kappa shape index (κ1) is 23.5. The first-order chi connectivity index (χ1) is 16.1. The number of carbonyl (C=O) groups excluding carboxylic acids is 1. The lowest BCUT2D eigenvalue weighted by Crippen LogP contribution is -2.41. The Kier molecular flexibility index (Phi) is 6.41. The number of ether oxygens (including phenoxy) is 1. The van der Waals surface area contributed by atoms with Gasteiger partial charge in [-0.15, -0.1) is 10.2 Å². The summed E-state index contributed by atoms with van der Waals surface area (Å²) in [5, 5.41) is 18.3. The minimum absolute atomic E-state index is 0.0542. The Hall–Kier alpha value is -3.68. The Balaban J connectivity index is 1.58. The fraction of sp³-hybridized carbons (Fsp3) is 0.346. The van der Waals surface area contributed by atoms with Crippen LogP contribution in [0.25, 0.3) is 22.4 Å². The highest BCUT2D eigenvalue weighted by molar-refractivity contribution is 5.79. The first-order valence-corrected chi connectivity index (χ1v) is 11.3. The van der Waals surface area contributed by atoms with Gasteiger partial charge in [-0.3, -0.25) is 0 Å². The number of para-hydroxylation sites is 1. The molecule has 2 aromatic carbocycles. The van der Waals surface area contributed by atoms with Crippen molar-refractivity contribution in [2.45, 2.75) is 45.1 Å². The number of halogens is 1. The number of nitrogens with two attached hydrogens (primary N) is 1. The molecule has 1 aliphatic rings. The summed E-state index contributed by atoms with van der Waals surface area (Å²) in [4.78, 5) is 14.1. The number of carbonyl (C=O) groups is 1. The van der Waals surface area contributed by atoms with E-state index in [9.17, 15) is 14.3 Å². The zero-order chi connectivity index (χ0) is 24.5. The molecule has 1 fully saturated rings. The molecule has 34 heavy (non-hydrogen) atoms. The number of piperidine rings is 1. The smallest absolute Gasteiger partial charge is 0.410 e. The Labute approximate surface area is 198 Å². The molecule has 2 heterocycles. The van der Waals surface area contributed by atoms with E-state index in [0.29, 0.717) is 35.5 Å². The van der Waals surface area contributed by atoms with Gasteiger partial charge in [-0.1, -0.05) is 18.2 Å². The van der Waals surface area contributed by atoms with Gasteiger partial charge >= 0.3 is 6.09 Å². The zero-order valence-electron chi connectivity index (χ0n) is 19.6. The van der Waals surface area contributed by atoms with Crippen LogP contribution in [-0.2, 0) is 4.74 Å². The molecule has 1 aliphatic heterocycles. The predicted molar refractivity (Wildman–Crippen MR) is 129 cm³/mol. The van der Waals surface area contributed by atoms with Gasteiger partial charge in [0.15, 0.2) is 5.82 Å². The quantitative estimate of drug-likeness (QED) is 0.542. The molecular weight excluding hydrogens is 435 g/mol. The molecule has 0 saturated carbocycles. The summed E-state index contributed by atoms with van der Waals surface area (Å²) < 4.78 is 20.4. The molecule has 0 atom stereocenters. The number of aromatic hydroxyl groups is 1. The highest BCUT2D eigenvalue weighted by Crippen LogP contribution is 2.36. The molecule has 0 radical (unpaired) electrons. The number of benzene rings is 2. The van der Waals surface area contributed by atoms with Crippen LogP contribution in [0.4, 0.5) is 15.0 Å². The molecule has 1 aromatic heterocycles. The van der Waals surface area contributed by atoms with E-state index in [4.69, 9.17) is 10.5 Å². The molecule has 178 valence electrons. The minimum atomic E-state index is -0.534. The monoisotopic (exact) mass is 464 g/mol. The summed E-state index contributed by atoms with van der Waals surface area (Å²) in [5.41, 5.74) is 8.15. The Morgan fingerprint density at radius 3 is 2.44 bits per heavy atom. The lowest BCUT2D eigenvalue weighted by atomic mass is 9.87. The van der Waals surface area contributed by atoms with Crippen LogP contribution in [0.3, 0.4) is 0 Å². The number of hydrogen-bond acceptors (Lipinski definition) is 6.